The van der Waals surface area contributed by atoms with Gasteiger partial charge in [-0.05, 0) is 38.0 Å². The van der Waals surface area contributed by atoms with Crippen LogP contribution in [0.3, 0.4) is 0 Å². The molecule has 0 aromatic heterocycles. The van der Waals surface area contributed by atoms with Gasteiger partial charge in [0.15, 0.2) is 0 Å². The number of nitrogens with one attached hydrogen (secondary N) is 1. The molecule has 22 heavy (non-hydrogen) atoms. The third kappa shape index (κ3) is 4.26. The highest BCUT2D eigenvalue weighted by Gasteiger charge is 2.49. The fourth-order valence-electron chi connectivity index (χ4n) is 4.28. The first-order valence-corrected chi connectivity index (χ1v) is 8.01. The number of rotatable bonds is 4. The fourth-order valence-corrected chi connectivity index (χ4v) is 4.28. The van der Waals surface area contributed by atoms with Crippen LogP contribution in [-0.4, -0.2) is 55.7 Å². The highest BCUT2D eigenvalue weighted by Crippen LogP contribution is 2.47. The molecule has 5 unspecified atom stereocenters. The van der Waals surface area contributed by atoms with Gasteiger partial charge in [0, 0.05) is 31.7 Å². The van der Waals surface area contributed by atoms with Crippen LogP contribution < -0.4 is 11.1 Å². The number of nitrogens with zero attached hydrogens (tertiary/aromatic N) is 1. The van der Waals surface area contributed by atoms with Gasteiger partial charge in [0.2, 0.25) is 5.91 Å². The van der Waals surface area contributed by atoms with E-state index in [2.05, 4.69) is 17.1 Å². The number of carbonyl (C=O) groups excluding carboxylic acids is 1. The standard InChI is InChI=1S/C15H27N3O2.2ClH/c1-10(9-18-4-6-20-7-5-18)17-15(19)13-11-2-3-12(8-11)14(13)16;;/h10-14H,2-9,16H2,1H3,(H,17,19);2*1H. The van der Waals surface area contributed by atoms with E-state index < -0.39 is 0 Å². The summed E-state index contributed by atoms with van der Waals surface area (Å²) in [6.45, 7) is 6.54. The van der Waals surface area contributed by atoms with E-state index >= 15 is 0 Å². The first kappa shape index (κ1) is 20.0. The summed E-state index contributed by atoms with van der Waals surface area (Å²) < 4.78 is 5.35. The third-order valence-electron chi connectivity index (χ3n) is 5.31. The summed E-state index contributed by atoms with van der Waals surface area (Å²) in [6, 6.07) is 0.274. The maximum atomic E-state index is 12.5. The van der Waals surface area contributed by atoms with Gasteiger partial charge in [-0.25, -0.2) is 0 Å². The molecule has 0 spiro atoms. The molecule has 0 aromatic carbocycles. The van der Waals surface area contributed by atoms with Crippen molar-refractivity contribution in [3.63, 3.8) is 0 Å². The van der Waals surface area contributed by atoms with Gasteiger partial charge in [-0.15, -0.1) is 24.8 Å². The first-order chi connectivity index (χ1) is 9.65. The van der Waals surface area contributed by atoms with Crippen molar-refractivity contribution in [3.8, 4) is 0 Å². The van der Waals surface area contributed by atoms with Gasteiger partial charge in [0.05, 0.1) is 19.1 Å². The molecule has 1 aliphatic heterocycles. The molecule has 1 amide bonds. The van der Waals surface area contributed by atoms with Gasteiger partial charge in [-0.2, -0.15) is 0 Å². The Labute approximate surface area is 145 Å². The van der Waals surface area contributed by atoms with E-state index in [0.29, 0.717) is 11.8 Å². The molecule has 3 rings (SSSR count). The number of hydrogen-bond donors (Lipinski definition) is 2. The Morgan fingerprint density at radius 3 is 2.50 bits per heavy atom. The molecule has 2 aliphatic carbocycles. The predicted octanol–water partition coefficient (Wildman–Crippen LogP) is 1.04. The van der Waals surface area contributed by atoms with E-state index in [9.17, 15) is 4.79 Å². The zero-order chi connectivity index (χ0) is 14.1. The lowest BCUT2D eigenvalue weighted by molar-refractivity contribution is -0.127. The van der Waals surface area contributed by atoms with Crippen LogP contribution in [0.1, 0.15) is 26.2 Å². The summed E-state index contributed by atoms with van der Waals surface area (Å²) in [4.78, 5) is 14.8. The minimum absolute atomic E-state index is 0. The topological polar surface area (TPSA) is 67.6 Å². The molecular formula is C15H29Cl2N3O2. The van der Waals surface area contributed by atoms with Gasteiger partial charge in [0.1, 0.15) is 0 Å². The monoisotopic (exact) mass is 353 g/mol. The molecule has 7 heteroatoms. The molecule has 5 atom stereocenters. The summed E-state index contributed by atoms with van der Waals surface area (Å²) in [7, 11) is 0. The Balaban J connectivity index is 0.00000121. The Bertz CT molecular complexity index is 365. The molecule has 3 aliphatic rings. The van der Waals surface area contributed by atoms with Crippen LogP contribution in [0.4, 0.5) is 0 Å². The van der Waals surface area contributed by atoms with Crippen molar-refractivity contribution in [2.24, 2.45) is 23.5 Å². The van der Waals surface area contributed by atoms with Crippen molar-refractivity contribution in [2.45, 2.75) is 38.3 Å². The number of nitrogens with two attached hydrogens (primary N) is 1. The van der Waals surface area contributed by atoms with Crippen LogP contribution in [0.15, 0.2) is 0 Å². The normalized spacial score (nSPS) is 35.4. The molecule has 3 fully saturated rings. The number of fused-ring (bicyclic) bond motifs is 2. The minimum atomic E-state index is 0. The molecule has 0 radical (unpaired) electrons. The molecule has 2 saturated carbocycles. The maximum absolute atomic E-state index is 12.5. The van der Waals surface area contributed by atoms with E-state index in [0.717, 1.165) is 39.3 Å². The average molecular weight is 354 g/mol. The summed E-state index contributed by atoms with van der Waals surface area (Å²) >= 11 is 0. The predicted molar refractivity (Wildman–Crippen MR) is 91.7 cm³/mol. The number of morpholine rings is 1. The zero-order valence-electron chi connectivity index (χ0n) is 13.2. The number of amides is 1. The molecule has 0 aromatic rings. The molecular weight excluding hydrogens is 325 g/mol. The van der Waals surface area contributed by atoms with Crippen molar-refractivity contribution < 1.29 is 9.53 Å². The van der Waals surface area contributed by atoms with Crippen LogP contribution >= 0.6 is 24.8 Å². The van der Waals surface area contributed by atoms with E-state index in [1.807, 2.05) is 0 Å². The largest absolute Gasteiger partial charge is 0.379 e. The lowest BCUT2D eigenvalue weighted by Crippen LogP contribution is -2.51. The Kier molecular flexibility index (Phi) is 7.89. The van der Waals surface area contributed by atoms with Gasteiger partial charge >= 0.3 is 0 Å². The molecule has 130 valence electrons. The fraction of sp³-hybridized carbons (Fsp3) is 0.933. The SMILES string of the molecule is CC(CN1CCOCC1)NC(=O)C1C2CCC(C2)C1N.Cl.Cl. The van der Waals surface area contributed by atoms with Gasteiger partial charge in [0.25, 0.3) is 0 Å². The van der Waals surface area contributed by atoms with E-state index in [1.165, 1.54) is 12.8 Å². The number of hydrogen-bond acceptors (Lipinski definition) is 4. The van der Waals surface area contributed by atoms with Crippen molar-refractivity contribution in [1.82, 2.24) is 10.2 Å². The number of ether oxygens (including phenoxy) is 1. The van der Waals surface area contributed by atoms with E-state index in [4.69, 9.17) is 10.5 Å². The Morgan fingerprint density at radius 1 is 1.27 bits per heavy atom. The van der Waals surface area contributed by atoms with Crippen LogP contribution in [0.2, 0.25) is 0 Å². The van der Waals surface area contributed by atoms with Gasteiger partial charge < -0.3 is 15.8 Å². The highest BCUT2D eigenvalue weighted by molar-refractivity contribution is 5.85. The number of halogens is 2. The van der Waals surface area contributed by atoms with Crippen LogP contribution in [0, 0.1) is 17.8 Å². The second-order valence-corrected chi connectivity index (χ2v) is 6.76. The smallest absolute Gasteiger partial charge is 0.225 e. The lowest BCUT2D eigenvalue weighted by Gasteiger charge is -2.31. The second-order valence-electron chi connectivity index (χ2n) is 6.76. The minimum Gasteiger partial charge on any atom is -0.379 e. The Hall–Kier alpha value is -0.0700. The van der Waals surface area contributed by atoms with E-state index in [1.54, 1.807) is 0 Å². The quantitative estimate of drug-likeness (QED) is 0.792. The molecule has 1 heterocycles. The van der Waals surface area contributed by atoms with Gasteiger partial charge in [-0.3, -0.25) is 9.69 Å². The number of carbonyl (C=O) groups is 1. The lowest BCUT2D eigenvalue weighted by atomic mass is 9.84. The molecule has 5 nitrogen and oxygen atoms in total. The maximum Gasteiger partial charge on any atom is 0.225 e. The molecule has 1 saturated heterocycles. The van der Waals surface area contributed by atoms with Crippen molar-refractivity contribution in [3.05, 3.63) is 0 Å². The van der Waals surface area contributed by atoms with Crippen molar-refractivity contribution in [2.75, 3.05) is 32.8 Å². The van der Waals surface area contributed by atoms with Crippen LogP contribution in [0.5, 0.6) is 0 Å². The Morgan fingerprint density at radius 2 is 1.91 bits per heavy atom. The van der Waals surface area contributed by atoms with Crippen LogP contribution in [-0.2, 0) is 9.53 Å². The van der Waals surface area contributed by atoms with Gasteiger partial charge in [-0.1, -0.05) is 0 Å². The summed E-state index contributed by atoms with van der Waals surface area (Å²) in [6.07, 6.45) is 3.57. The third-order valence-corrected chi connectivity index (χ3v) is 5.31. The van der Waals surface area contributed by atoms with Crippen molar-refractivity contribution >= 4 is 30.7 Å². The average Bonchev–Trinajstić information content (AvgIpc) is 3.00. The summed E-state index contributed by atoms with van der Waals surface area (Å²) in [5.41, 5.74) is 6.24. The van der Waals surface area contributed by atoms with Crippen molar-refractivity contribution in [1.29, 1.82) is 0 Å². The molecule has 3 N–H and O–H groups in total. The van der Waals surface area contributed by atoms with Crippen LogP contribution in [0.25, 0.3) is 0 Å². The zero-order valence-corrected chi connectivity index (χ0v) is 14.8. The highest BCUT2D eigenvalue weighted by atomic mass is 35.5. The first-order valence-electron chi connectivity index (χ1n) is 8.01. The van der Waals surface area contributed by atoms with E-state index in [-0.39, 0.29) is 48.7 Å². The molecule has 2 bridgehead atoms. The second kappa shape index (κ2) is 8.69. The summed E-state index contributed by atoms with van der Waals surface area (Å²) in [5.74, 6) is 1.36. The summed E-state index contributed by atoms with van der Waals surface area (Å²) in [5, 5.41) is 3.18.